The van der Waals surface area contributed by atoms with Crippen LogP contribution < -0.4 is 37.1 Å². The van der Waals surface area contributed by atoms with E-state index in [9.17, 15) is 29.5 Å². The maximum absolute atomic E-state index is 12.3. The topological polar surface area (TPSA) is 303 Å². The first-order valence-electron chi connectivity index (χ1n) is 12.9. The summed E-state index contributed by atoms with van der Waals surface area (Å²) in [6, 6.07) is 0. The number of hydrogen-bond acceptors (Lipinski definition) is 19. The Morgan fingerprint density at radius 3 is 2.77 bits per heavy atom. The fraction of sp³-hybridized carbons (Fsp3) is 0.286. The Balaban J connectivity index is 1.25. The van der Waals surface area contributed by atoms with E-state index in [1.165, 1.54) is 4.90 Å². The van der Waals surface area contributed by atoms with Crippen LogP contribution in [0.2, 0.25) is 0 Å². The molecule has 3 atom stereocenters. The van der Waals surface area contributed by atoms with Gasteiger partial charge >= 0.3 is 246 Å². The van der Waals surface area contributed by atoms with Crippen LogP contribution in [0, 0.1) is 5.92 Å². The summed E-state index contributed by atoms with van der Waals surface area (Å²) in [4.78, 5) is 67.0. The molecule has 12 N–H and O–H groups in total. The number of imidazole rings is 1. The van der Waals surface area contributed by atoms with Crippen molar-refractivity contribution in [3.63, 3.8) is 0 Å². The number of anilines is 2. The number of nitrogens with two attached hydrogens (primary N) is 2. The molecular formula is C21H27N9O12P2. The minimum atomic E-state index is -5.14. The molecule has 3 aromatic rings. The molecule has 0 radical (unpaired) electrons. The molecule has 21 nitrogen and oxygen atoms in total. The molecule has 1 fully saturated rings. The van der Waals surface area contributed by atoms with Gasteiger partial charge in [0.25, 0.3) is 0 Å². The fourth-order valence-electron chi connectivity index (χ4n) is 5.06. The predicted molar refractivity (Wildman–Crippen MR) is 151 cm³/mol. The van der Waals surface area contributed by atoms with E-state index in [0.29, 0.717) is 6.67 Å². The van der Waals surface area contributed by atoms with E-state index in [1.807, 2.05) is 0 Å². The summed E-state index contributed by atoms with van der Waals surface area (Å²) >= 11 is 0. The molecule has 44 heavy (non-hydrogen) atoms. The van der Waals surface area contributed by atoms with Crippen LogP contribution in [0.5, 0.6) is 11.5 Å². The molecule has 0 saturated carbocycles. The van der Waals surface area contributed by atoms with Crippen LogP contribution in [-0.4, -0.2) is 63.2 Å². The second-order valence-corrected chi connectivity index (χ2v) is 13.1. The van der Waals surface area contributed by atoms with Crippen molar-refractivity contribution in [2.24, 2.45) is 11.7 Å². The summed E-state index contributed by atoms with van der Waals surface area (Å²) in [5.41, 5.74) is 11.0. The van der Waals surface area contributed by atoms with Crippen molar-refractivity contribution in [1.82, 2.24) is 30.2 Å². The van der Waals surface area contributed by atoms with Gasteiger partial charge in [-0.2, -0.15) is 0 Å². The number of nitrogens with one attached hydrogen (secondary N) is 3. The standard InChI is InChI=1S/C21H27N9O12P2/c22-15-9-1-2-29(16(9)25-6-24-15)20-13(31)14-11(40-20)5-38-43(33,34)41-10-3-8(4-37-44(35,36)42-14)39-19(10)30-7-26-12-17(30)27-21(23)28-18(12)32/h1-2,4,7,9,15-16,24-25,31,33-36,43-44H,3,5-6,22H2,(H3,23,27,28,32)/b8-4+. The van der Waals surface area contributed by atoms with Crippen molar-refractivity contribution < 1.29 is 51.9 Å². The molecule has 0 aliphatic carbocycles. The van der Waals surface area contributed by atoms with Gasteiger partial charge in [0.1, 0.15) is 0 Å². The number of ether oxygens (including phenoxy) is 1. The van der Waals surface area contributed by atoms with Crippen molar-refractivity contribution in [3.8, 4) is 11.5 Å². The quantitative estimate of drug-likeness (QED) is 0.140. The Hall–Kier alpha value is -4.01. The van der Waals surface area contributed by atoms with Crippen molar-refractivity contribution in [2.45, 2.75) is 25.4 Å². The molecule has 0 spiro atoms. The van der Waals surface area contributed by atoms with Gasteiger partial charge in [-0.3, -0.25) is 0 Å². The normalized spacial score (nSPS) is 28.5. The molecule has 0 aromatic carbocycles. The SMILES string of the molecule is Nc1nc2c(ncn2C2=C3C/C(=C\O[PH](O)(O)Oc4c(oc(N5C=CC6C(N)NCNC65)c4O)CO[PH](O)(O)O3)O2)c(=O)[nH]1. The number of H-pyrrole nitrogens is 1. The van der Waals surface area contributed by atoms with Gasteiger partial charge in [0.15, 0.2) is 0 Å². The fourth-order valence-corrected chi connectivity index (χ4v) is 6.73. The van der Waals surface area contributed by atoms with Crippen molar-refractivity contribution >= 4 is 45.2 Å². The molecule has 7 heterocycles. The first-order chi connectivity index (χ1) is 20.9. The molecule has 1 saturated heterocycles. The van der Waals surface area contributed by atoms with Crippen molar-refractivity contribution in [1.29, 1.82) is 0 Å². The third-order valence-electron chi connectivity index (χ3n) is 6.99. The third-order valence-corrected chi connectivity index (χ3v) is 8.92. The minimum absolute atomic E-state index is 0.0586. The van der Waals surface area contributed by atoms with Crippen LogP contribution in [-0.2, 0) is 24.9 Å². The molecule has 3 unspecified atom stereocenters. The van der Waals surface area contributed by atoms with E-state index in [0.717, 1.165) is 17.2 Å². The van der Waals surface area contributed by atoms with Crippen LogP contribution in [0.4, 0.5) is 11.8 Å². The molecule has 238 valence electrons. The summed E-state index contributed by atoms with van der Waals surface area (Å²) in [7, 11) is -10.2. The zero-order valence-corrected chi connectivity index (χ0v) is 24.2. The third kappa shape index (κ3) is 5.00. The van der Waals surface area contributed by atoms with Gasteiger partial charge in [-0.15, -0.1) is 0 Å². The molecular weight excluding hydrogens is 632 g/mol. The van der Waals surface area contributed by atoms with Gasteiger partial charge in [-0.25, -0.2) is 0 Å². The number of fused-ring (bicyclic) bond motifs is 5. The molecule has 2 bridgehead atoms. The van der Waals surface area contributed by atoms with Crippen molar-refractivity contribution in [2.75, 3.05) is 17.3 Å². The number of aromatic amines is 1. The zero-order valence-electron chi connectivity index (χ0n) is 22.2. The number of nitrogens with zero attached hydrogens (tertiary/aromatic N) is 4. The Bertz CT molecular complexity index is 1800. The molecule has 3 aromatic heterocycles. The van der Waals surface area contributed by atoms with Gasteiger partial charge in [0, 0.05) is 0 Å². The van der Waals surface area contributed by atoms with Gasteiger partial charge in [0.05, 0.1) is 0 Å². The van der Waals surface area contributed by atoms with Crippen LogP contribution >= 0.6 is 16.3 Å². The zero-order chi connectivity index (χ0) is 31.0. The number of hydrogen-bond donors (Lipinski definition) is 10. The number of furan rings is 1. The van der Waals surface area contributed by atoms with E-state index in [1.54, 1.807) is 12.3 Å². The van der Waals surface area contributed by atoms with Crippen LogP contribution in [0.3, 0.4) is 0 Å². The van der Waals surface area contributed by atoms with E-state index >= 15 is 0 Å². The summed E-state index contributed by atoms with van der Waals surface area (Å²) < 4.78 is 33.8. The predicted octanol–water partition coefficient (Wildman–Crippen LogP) is -1.47. The number of aromatic hydroxyl groups is 1. The maximum atomic E-state index is 12.3. The average Bonchev–Trinajstić information content (AvgIpc) is 3.72. The van der Waals surface area contributed by atoms with Crippen LogP contribution in [0.15, 0.2) is 45.6 Å². The van der Waals surface area contributed by atoms with Crippen LogP contribution in [0.25, 0.3) is 17.0 Å². The Kier molecular flexibility index (Phi) is 6.71. The summed E-state index contributed by atoms with van der Waals surface area (Å²) in [5, 5.41) is 17.3. The molecule has 0 amide bonds. The summed E-state index contributed by atoms with van der Waals surface area (Å²) in [5.74, 6) is -2.84. The Morgan fingerprint density at radius 1 is 1.14 bits per heavy atom. The first-order valence-corrected chi connectivity index (χ1v) is 16.3. The van der Waals surface area contributed by atoms with E-state index in [2.05, 4.69) is 25.6 Å². The monoisotopic (exact) mass is 659 g/mol. The van der Waals surface area contributed by atoms with Gasteiger partial charge < -0.3 is 0 Å². The first kappa shape index (κ1) is 28.7. The molecule has 23 heteroatoms. The molecule has 7 rings (SSSR count). The molecule has 4 aliphatic heterocycles. The Morgan fingerprint density at radius 2 is 1.95 bits per heavy atom. The van der Waals surface area contributed by atoms with Crippen molar-refractivity contribution in [3.05, 3.63) is 52.5 Å². The second-order valence-electron chi connectivity index (χ2n) is 9.93. The number of nitrogen functional groups attached to an aromatic ring is 1. The molecule has 4 aliphatic rings. The summed E-state index contributed by atoms with van der Waals surface area (Å²) in [6.07, 6.45) is 4.17. The number of aromatic nitrogens is 4. The van der Waals surface area contributed by atoms with Crippen LogP contribution in [0.1, 0.15) is 12.2 Å². The van der Waals surface area contributed by atoms with Gasteiger partial charge in [-0.05, 0) is 0 Å². The summed E-state index contributed by atoms with van der Waals surface area (Å²) in [6.45, 7) is -0.430. The van der Waals surface area contributed by atoms with E-state index < -0.39 is 52.3 Å². The van der Waals surface area contributed by atoms with E-state index in [-0.39, 0.29) is 58.5 Å². The van der Waals surface area contributed by atoms with Gasteiger partial charge in [0.2, 0.25) is 0 Å². The second kappa shape index (κ2) is 10.3. The average molecular weight is 659 g/mol. The number of rotatable bonds is 2. The van der Waals surface area contributed by atoms with Gasteiger partial charge in [-0.1, -0.05) is 0 Å². The van der Waals surface area contributed by atoms with E-state index in [4.69, 9.17) is 38.7 Å². The Labute approximate surface area is 245 Å².